The first-order valence-electron chi connectivity index (χ1n) is 4.98. The zero-order valence-electron chi connectivity index (χ0n) is 9.70. The van der Waals surface area contributed by atoms with Crippen LogP contribution in [0.3, 0.4) is 0 Å². The summed E-state index contributed by atoms with van der Waals surface area (Å²) >= 11 is 0. The van der Waals surface area contributed by atoms with Gasteiger partial charge in [0.2, 0.25) is 4.91 Å². The van der Waals surface area contributed by atoms with E-state index in [1.807, 2.05) is 6.92 Å². The molecule has 0 amide bonds. The summed E-state index contributed by atoms with van der Waals surface area (Å²) in [7, 11) is -2.22. The van der Waals surface area contributed by atoms with Crippen LogP contribution in [0.15, 0.2) is 39.4 Å². The molecular weight excluding hydrogens is 242 g/mol. The molecule has 0 aromatic heterocycles. The van der Waals surface area contributed by atoms with Gasteiger partial charge in [-0.2, -0.15) is 8.42 Å². The SMILES string of the molecule is CN=[N+]=NCCOS(=O)(=O)c1ccc(C)cc1. The Kier molecular flexibility index (Phi) is 4.96. The Bertz CT molecular complexity index is 516. The van der Waals surface area contributed by atoms with Gasteiger partial charge in [-0.15, -0.1) is 0 Å². The van der Waals surface area contributed by atoms with Crippen LogP contribution in [0.2, 0.25) is 0 Å². The first-order valence-corrected chi connectivity index (χ1v) is 6.39. The van der Waals surface area contributed by atoms with Gasteiger partial charge in [0.25, 0.3) is 10.1 Å². The predicted molar refractivity (Wildman–Crippen MR) is 62.1 cm³/mol. The molecule has 0 aliphatic heterocycles. The molecule has 6 nitrogen and oxygen atoms in total. The highest BCUT2D eigenvalue weighted by Gasteiger charge is 2.14. The van der Waals surface area contributed by atoms with Crippen LogP contribution in [-0.2, 0) is 14.3 Å². The molecule has 0 aliphatic rings. The normalized spacial score (nSPS) is 10.7. The zero-order chi connectivity index (χ0) is 12.7. The van der Waals surface area contributed by atoms with Crippen molar-refractivity contribution in [2.24, 2.45) is 10.2 Å². The molecule has 0 fully saturated rings. The Morgan fingerprint density at radius 2 is 1.94 bits per heavy atom. The van der Waals surface area contributed by atoms with E-state index >= 15 is 0 Å². The molecule has 0 atom stereocenters. The molecule has 17 heavy (non-hydrogen) atoms. The van der Waals surface area contributed by atoms with Gasteiger partial charge in [-0.05, 0) is 19.1 Å². The second kappa shape index (κ2) is 6.24. The van der Waals surface area contributed by atoms with Gasteiger partial charge in [-0.1, -0.05) is 17.7 Å². The van der Waals surface area contributed by atoms with Gasteiger partial charge in [-0.3, -0.25) is 4.18 Å². The third kappa shape index (κ3) is 4.44. The third-order valence-electron chi connectivity index (χ3n) is 1.89. The summed E-state index contributed by atoms with van der Waals surface area (Å²) in [5, 5.41) is 6.96. The van der Waals surface area contributed by atoms with Crippen molar-refractivity contribution >= 4 is 10.1 Å². The van der Waals surface area contributed by atoms with Crippen molar-refractivity contribution in [3.8, 4) is 0 Å². The third-order valence-corrected chi connectivity index (χ3v) is 3.22. The van der Waals surface area contributed by atoms with Crippen LogP contribution in [0, 0.1) is 6.92 Å². The van der Waals surface area contributed by atoms with Crippen LogP contribution in [0.25, 0.3) is 0 Å². The predicted octanol–water partition coefficient (Wildman–Crippen LogP) is 1.30. The maximum absolute atomic E-state index is 11.7. The second-order valence-electron chi connectivity index (χ2n) is 3.24. The lowest BCUT2D eigenvalue weighted by Crippen LogP contribution is -2.09. The lowest BCUT2D eigenvalue weighted by Gasteiger charge is -2.03. The van der Waals surface area contributed by atoms with Gasteiger partial charge in [0, 0.05) is 0 Å². The minimum absolute atomic E-state index is 0.0464. The summed E-state index contributed by atoms with van der Waals surface area (Å²) in [5.74, 6) is 0. The summed E-state index contributed by atoms with van der Waals surface area (Å²) in [6.45, 7) is 1.99. The van der Waals surface area contributed by atoms with Gasteiger partial charge in [0.05, 0.1) is 11.5 Å². The summed E-state index contributed by atoms with van der Waals surface area (Å²) in [5.41, 5.74) is 0.988. The Labute approximate surface area is 100 Å². The molecule has 0 bridgehead atoms. The summed E-state index contributed by atoms with van der Waals surface area (Å²) in [4.78, 5) is 3.49. The van der Waals surface area contributed by atoms with E-state index in [2.05, 4.69) is 15.1 Å². The van der Waals surface area contributed by atoms with Crippen LogP contribution in [0.4, 0.5) is 0 Å². The molecule has 1 aromatic carbocycles. The maximum atomic E-state index is 11.7. The fraction of sp³-hybridized carbons (Fsp3) is 0.400. The average Bonchev–Trinajstić information content (AvgIpc) is 2.29. The van der Waals surface area contributed by atoms with Gasteiger partial charge < -0.3 is 0 Å². The van der Waals surface area contributed by atoms with Crippen molar-refractivity contribution in [3.63, 3.8) is 0 Å². The van der Waals surface area contributed by atoms with Crippen molar-refractivity contribution in [1.82, 2.24) is 4.91 Å². The molecule has 92 valence electrons. The molecule has 7 heteroatoms. The van der Waals surface area contributed by atoms with E-state index < -0.39 is 10.1 Å². The van der Waals surface area contributed by atoms with Gasteiger partial charge in [0.1, 0.15) is 23.8 Å². The molecule has 0 saturated heterocycles. The van der Waals surface area contributed by atoms with Crippen LogP contribution in [0.1, 0.15) is 5.56 Å². The van der Waals surface area contributed by atoms with Gasteiger partial charge in [-0.25, -0.2) is 0 Å². The smallest absolute Gasteiger partial charge is 0.264 e. The number of rotatable bonds is 5. The standard InChI is InChI=1S/C10H14N3O3S/c1-9-3-5-10(6-4-9)17(14,15)16-8-7-12-13-11-2/h3-6H,7-8H2,1-2H3/q+1. The Morgan fingerprint density at radius 1 is 1.29 bits per heavy atom. The zero-order valence-corrected chi connectivity index (χ0v) is 10.5. The largest absolute Gasteiger partial charge is 0.297 e. The monoisotopic (exact) mass is 256 g/mol. The molecule has 1 aromatic rings. The molecule has 0 aliphatic carbocycles. The Hall–Kier alpha value is -1.56. The quantitative estimate of drug-likeness (QED) is 0.344. The first-order chi connectivity index (χ1) is 8.06. The van der Waals surface area contributed by atoms with Crippen LogP contribution >= 0.6 is 0 Å². The highest BCUT2D eigenvalue weighted by Crippen LogP contribution is 2.12. The average molecular weight is 256 g/mol. The molecule has 1 rings (SSSR count). The topological polar surface area (TPSA) is 82.2 Å². The summed E-state index contributed by atoms with van der Waals surface area (Å²) in [6, 6.07) is 6.44. The van der Waals surface area contributed by atoms with E-state index in [-0.39, 0.29) is 18.0 Å². The molecule has 0 heterocycles. The highest BCUT2D eigenvalue weighted by molar-refractivity contribution is 7.86. The number of aryl methyl sites for hydroxylation is 1. The van der Waals surface area contributed by atoms with Crippen molar-refractivity contribution in [2.75, 3.05) is 20.2 Å². The van der Waals surface area contributed by atoms with E-state index in [0.717, 1.165) is 5.56 Å². The van der Waals surface area contributed by atoms with E-state index in [1.54, 1.807) is 12.1 Å². The Balaban J connectivity index is 2.63. The first kappa shape index (κ1) is 13.5. The number of benzene rings is 1. The minimum atomic E-state index is -3.70. The number of hydrogen-bond donors (Lipinski definition) is 0. The van der Waals surface area contributed by atoms with Crippen LogP contribution in [-0.4, -0.2) is 28.6 Å². The van der Waals surface area contributed by atoms with E-state index in [4.69, 9.17) is 4.18 Å². The lowest BCUT2D eigenvalue weighted by molar-refractivity contribution is 0.325. The van der Waals surface area contributed by atoms with Crippen LogP contribution in [0.5, 0.6) is 0 Å². The maximum Gasteiger partial charge on any atom is 0.297 e. The second-order valence-corrected chi connectivity index (χ2v) is 4.86. The molecule has 0 spiro atoms. The summed E-state index contributed by atoms with van der Waals surface area (Å²) < 4.78 is 28.1. The molecule has 0 radical (unpaired) electrons. The Morgan fingerprint density at radius 3 is 2.53 bits per heavy atom. The van der Waals surface area contributed by atoms with Crippen molar-refractivity contribution in [2.45, 2.75) is 11.8 Å². The van der Waals surface area contributed by atoms with Gasteiger partial charge in [0.15, 0.2) is 0 Å². The number of nitrogens with zero attached hydrogens (tertiary/aromatic N) is 3. The molecular formula is C10H14N3O3S+. The summed E-state index contributed by atoms with van der Waals surface area (Å²) in [6.07, 6.45) is 0. The molecule has 0 N–H and O–H groups in total. The molecule has 0 unspecified atom stereocenters. The fourth-order valence-corrected chi connectivity index (χ4v) is 1.97. The van der Waals surface area contributed by atoms with Crippen LogP contribution < -0.4 is 4.91 Å². The highest BCUT2D eigenvalue weighted by atomic mass is 32.2. The lowest BCUT2D eigenvalue weighted by atomic mass is 10.2. The molecule has 0 saturated carbocycles. The number of hydrogen-bond acceptors (Lipinski definition) is 5. The van der Waals surface area contributed by atoms with Crippen molar-refractivity contribution < 1.29 is 12.6 Å². The fourth-order valence-electron chi connectivity index (χ4n) is 1.07. The van der Waals surface area contributed by atoms with Crippen molar-refractivity contribution in [1.29, 1.82) is 0 Å². The van der Waals surface area contributed by atoms with Crippen molar-refractivity contribution in [3.05, 3.63) is 29.8 Å². The van der Waals surface area contributed by atoms with E-state index in [1.165, 1.54) is 19.2 Å². The minimum Gasteiger partial charge on any atom is -0.264 e. The van der Waals surface area contributed by atoms with Gasteiger partial charge >= 0.3 is 0 Å². The van der Waals surface area contributed by atoms with E-state index in [0.29, 0.717) is 0 Å². The van der Waals surface area contributed by atoms with E-state index in [9.17, 15) is 8.42 Å².